The molecule has 2 rings (SSSR count). The molecule has 0 aliphatic carbocycles. The van der Waals surface area contributed by atoms with Gasteiger partial charge < -0.3 is 10.1 Å². The van der Waals surface area contributed by atoms with Crippen molar-refractivity contribution in [3.05, 3.63) is 23.8 Å². The molecule has 1 aromatic carbocycles. The van der Waals surface area contributed by atoms with Gasteiger partial charge in [-0.05, 0) is 18.6 Å². The van der Waals surface area contributed by atoms with Crippen LogP contribution in [0.5, 0.6) is 0 Å². The lowest BCUT2D eigenvalue weighted by Gasteiger charge is -2.17. The van der Waals surface area contributed by atoms with Crippen molar-refractivity contribution in [2.24, 2.45) is 0 Å². The molecular formula is C12H15N3O2S. The number of nitrogens with zero attached hydrogens (tertiary/aromatic N) is 3. The minimum atomic E-state index is -0.839. The molecule has 0 spiro atoms. The lowest BCUT2D eigenvalue weighted by atomic mass is 10.2. The van der Waals surface area contributed by atoms with Gasteiger partial charge in [-0.15, -0.1) is 0 Å². The molecule has 1 heterocycles. The van der Waals surface area contributed by atoms with Gasteiger partial charge >= 0.3 is 5.97 Å². The summed E-state index contributed by atoms with van der Waals surface area (Å²) < 4.78 is 1.93. The zero-order valence-electron chi connectivity index (χ0n) is 10.5. The van der Waals surface area contributed by atoms with Crippen LogP contribution in [0.2, 0.25) is 0 Å². The van der Waals surface area contributed by atoms with Crippen LogP contribution in [-0.2, 0) is 4.79 Å². The fraction of sp³-hybridized carbons (Fsp3) is 0.333. The van der Waals surface area contributed by atoms with Crippen LogP contribution in [-0.4, -0.2) is 40.6 Å². The summed E-state index contributed by atoms with van der Waals surface area (Å²) >= 11 is 1.23. The van der Waals surface area contributed by atoms with E-state index in [0.29, 0.717) is 5.16 Å². The van der Waals surface area contributed by atoms with Crippen LogP contribution < -0.4 is 5.01 Å². The maximum atomic E-state index is 10.7. The molecule has 0 radical (unpaired) electrons. The number of aryl methyl sites for hydroxylation is 1. The SMILES string of the molecule is Cc1cccc2c1nc(SCC(=O)O)n2N(C)C. The van der Waals surface area contributed by atoms with Crippen LogP contribution in [0.25, 0.3) is 11.0 Å². The number of carboxylic acids is 1. The van der Waals surface area contributed by atoms with Crippen molar-refractivity contribution in [1.29, 1.82) is 0 Å². The van der Waals surface area contributed by atoms with E-state index in [0.717, 1.165) is 16.6 Å². The first-order valence-corrected chi connectivity index (χ1v) is 6.49. The van der Waals surface area contributed by atoms with Crippen molar-refractivity contribution >= 4 is 28.8 Å². The number of carboxylic acid groups (broad SMARTS) is 1. The minimum Gasteiger partial charge on any atom is -0.481 e. The average molecular weight is 265 g/mol. The van der Waals surface area contributed by atoms with E-state index in [1.54, 1.807) is 0 Å². The zero-order chi connectivity index (χ0) is 13.3. The third-order valence-electron chi connectivity index (χ3n) is 2.56. The summed E-state index contributed by atoms with van der Waals surface area (Å²) in [7, 11) is 3.82. The van der Waals surface area contributed by atoms with Gasteiger partial charge in [0.25, 0.3) is 0 Å². The second kappa shape index (κ2) is 4.89. The lowest BCUT2D eigenvalue weighted by Crippen LogP contribution is -2.25. The quantitative estimate of drug-likeness (QED) is 0.853. The van der Waals surface area contributed by atoms with E-state index in [1.807, 2.05) is 48.9 Å². The third-order valence-corrected chi connectivity index (χ3v) is 3.47. The Kier molecular flexibility index (Phi) is 3.47. The predicted octanol–water partition coefficient (Wildman–Crippen LogP) is 1.72. The van der Waals surface area contributed by atoms with Gasteiger partial charge in [-0.1, -0.05) is 23.9 Å². The molecule has 0 atom stereocenters. The number of carbonyl (C=O) groups is 1. The van der Waals surface area contributed by atoms with Crippen molar-refractivity contribution < 1.29 is 9.90 Å². The maximum absolute atomic E-state index is 10.7. The van der Waals surface area contributed by atoms with Crippen LogP contribution in [0, 0.1) is 6.92 Å². The molecule has 0 unspecified atom stereocenters. The van der Waals surface area contributed by atoms with E-state index in [4.69, 9.17) is 5.11 Å². The molecule has 18 heavy (non-hydrogen) atoms. The Bertz CT molecular complexity index is 592. The summed E-state index contributed by atoms with van der Waals surface area (Å²) in [6.45, 7) is 2.00. The Hall–Kier alpha value is -1.69. The Balaban J connectivity index is 2.54. The van der Waals surface area contributed by atoms with Crippen molar-refractivity contribution in [2.75, 3.05) is 24.9 Å². The highest BCUT2D eigenvalue weighted by Gasteiger charge is 2.14. The molecule has 0 fully saturated rings. The highest BCUT2D eigenvalue weighted by Crippen LogP contribution is 2.25. The first-order valence-electron chi connectivity index (χ1n) is 5.51. The molecule has 0 amide bonds. The van der Waals surface area contributed by atoms with Crippen molar-refractivity contribution in [3.8, 4) is 0 Å². The van der Waals surface area contributed by atoms with Crippen molar-refractivity contribution in [2.45, 2.75) is 12.1 Å². The van der Waals surface area contributed by atoms with Gasteiger partial charge in [0.05, 0.1) is 16.8 Å². The zero-order valence-corrected chi connectivity index (χ0v) is 11.4. The summed E-state index contributed by atoms with van der Waals surface area (Å²) in [5.74, 6) is -0.829. The molecule has 6 heteroatoms. The highest BCUT2D eigenvalue weighted by molar-refractivity contribution is 7.99. The normalized spacial score (nSPS) is 10.8. The number of para-hydroxylation sites is 1. The van der Waals surface area contributed by atoms with E-state index < -0.39 is 5.97 Å². The lowest BCUT2D eigenvalue weighted by molar-refractivity contribution is -0.133. The van der Waals surface area contributed by atoms with Crippen molar-refractivity contribution in [3.63, 3.8) is 0 Å². The number of imidazole rings is 1. The van der Waals surface area contributed by atoms with Gasteiger partial charge in [0, 0.05) is 14.1 Å². The second-order valence-corrected chi connectivity index (χ2v) is 5.12. The minimum absolute atomic E-state index is 0.0101. The van der Waals surface area contributed by atoms with Crippen LogP contribution >= 0.6 is 11.8 Å². The molecule has 1 N–H and O–H groups in total. The topological polar surface area (TPSA) is 58.4 Å². The fourth-order valence-corrected chi connectivity index (χ4v) is 2.60. The van der Waals surface area contributed by atoms with Crippen LogP contribution in [0.4, 0.5) is 0 Å². The highest BCUT2D eigenvalue weighted by atomic mass is 32.2. The second-order valence-electron chi connectivity index (χ2n) is 4.18. The summed E-state index contributed by atoms with van der Waals surface area (Å²) in [5, 5.41) is 11.4. The number of rotatable bonds is 4. The van der Waals surface area contributed by atoms with E-state index in [-0.39, 0.29) is 5.75 Å². The molecule has 0 saturated heterocycles. The molecule has 0 aliphatic rings. The molecule has 5 nitrogen and oxygen atoms in total. The van der Waals surface area contributed by atoms with Crippen LogP contribution in [0.1, 0.15) is 5.56 Å². The standard InChI is InChI=1S/C12H15N3O2S/c1-8-5-4-6-9-11(8)13-12(15(9)14(2)3)18-7-10(16)17/h4-6H,7H2,1-3H3,(H,16,17). The average Bonchev–Trinajstić information content (AvgIpc) is 2.66. The van der Waals surface area contributed by atoms with Crippen LogP contribution in [0.15, 0.2) is 23.4 Å². The Morgan fingerprint density at radius 2 is 2.22 bits per heavy atom. The summed E-state index contributed by atoms with van der Waals surface area (Å²) in [4.78, 5) is 15.2. The van der Waals surface area contributed by atoms with Gasteiger partial charge in [-0.3, -0.25) is 4.79 Å². The van der Waals surface area contributed by atoms with Gasteiger partial charge in [-0.2, -0.15) is 0 Å². The van der Waals surface area contributed by atoms with Crippen LogP contribution in [0.3, 0.4) is 0 Å². The smallest absolute Gasteiger partial charge is 0.313 e. The first-order chi connectivity index (χ1) is 8.50. The largest absolute Gasteiger partial charge is 0.481 e. The molecule has 2 aromatic rings. The summed E-state index contributed by atoms with van der Waals surface area (Å²) in [6.07, 6.45) is 0. The van der Waals surface area contributed by atoms with Gasteiger partial charge in [0.2, 0.25) is 0 Å². The number of benzene rings is 1. The number of aromatic nitrogens is 2. The van der Waals surface area contributed by atoms with Gasteiger partial charge in [-0.25, -0.2) is 9.66 Å². The number of hydrogen-bond acceptors (Lipinski definition) is 4. The molecule has 0 bridgehead atoms. The Labute approximate surface area is 109 Å². The van der Waals surface area contributed by atoms with E-state index in [2.05, 4.69) is 4.98 Å². The third kappa shape index (κ3) is 2.28. The predicted molar refractivity (Wildman–Crippen MR) is 72.9 cm³/mol. The number of aliphatic carboxylic acids is 1. The maximum Gasteiger partial charge on any atom is 0.313 e. The Morgan fingerprint density at radius 3 is 2.83 bits per heavy atom. The van der Waals surface area contributed by atoms with E-state index in [9.17, 15) is 4.79 Å². The fourth-order valence-electron chi connectivity index (χ4n) is 1.81. The van der Waals surface area contributed by atoms with E-state index >= 15 is 0 Å². The number of fused-ring (bicyclic) bond motifs is 1. The summed E-state index contributed by atoms with van der Waals surface area (Å²) in [5.41, 5.74) is 3.00. The van der Waals surface area contributed by atoms with Crippen molar-refractivity contribution in [1.82, 2.24) is 9.66 Å². The van der Waals surface area contributed by atoms with Gasteiger partial charge in [0.1, 0.15) is 0 Å². The number of thioether (sulfide) groups is 1. The molecule has 0 aliphatic heterocycles. The molecule has 1 aromatic heterocycles. The Morgan fingerprint density at radius 1 is 1.50 bits per heavy atom. The van der Waals surface area contributed by atoms with E-state index in [1.165, 1.54) is 11.8 Å². The monoisotopic (exact) mass is 265 g/mol. The first kappa shape index (κ1) is 12.8. The van der Waals surface area contributed by atoms with Gasteiger partial charge in [0.15, 0.2) is 5.16 Å². The summed E-state index contributed by atoms with van der Waals surface area (Å²) in [6, 6.07) is 5.96. The number of hydrogen-bond donors (Lipinski definition) is 1. The molecule has 96 valence electrons. The molecular weight excluding hydrogens is 250 g/mol. The molecule has 0 saturated carbocycles.